The summed E-state index contributed by atoms with van der Waals surface area (Å²) in [5.74, 6) is 0.231. The van der Waals surface area contributed by atoms with Gasteiger partial charge in [0.15, 0.2) is 0 Å². The van der Waals surface area contributed by atoms with Crippen LogP contribution in [0.25, 0.3) is 11.3 Å². The fourth-order valence-electron chi connectivity index (χ4n) is 2.78. The molecule has 0 bridgehead atoms. The van der Waals surface area contributed by atoms with Crippen molar-refractivity contribution < 1.29 is 9.53 Å². The second-order valence-electron chi connectivity index (χ2n) is 6.72. The number of nitrogens with zero attached hydrogens (tertiary/aromatic N) is 2. The zero-order valence-corrected chi connectivity index (χ0v) is 19.4. The molecule has 2 aromatic carbocycles. The van der Waals surface area contributed by atoms with Crippen LogP contribution in [0.4, 0.5) is 5.69 Å². The van der Waals surface area contributed by atoms with E-state index in [0.717, 1.165) is 11.1 Å². The first-order chi connectivity index (χ1) is 14.8. The minimum absolute atomic E-state index is 0.243. The molecule has 1 aromatic heterocycles. The summed E-state index contributed by atoms with van der Waals surface area (Å²) < 4.78 is 5.32. The van der Waals surface area contributed by atoms with Crippen molar-refractivity contribution in [3.63, 3.8) is 0 Å². The third kappa shape index (κ3) is 5.50. The number of nitriles is 1. The smallest absolute Gasteiger partial charge is 0.237 e. The molecule has 1 heterocycles. The highest BCUT2D eigenvalue weighted by Crippen LogP contribution is 2.33. The predicted octanol–water partition coefficient (Wildman–Crippen LogP) is 6.36. The number of anilines is 1. The fraction of sp³-hybridized carbons (Fsp3) is 0.174. The molecule has 8 heteroatoms. The Bertz CT molecular complexity index is 1160. The second kappa shape index (κ2) is 10.1. The van der Waals surface area contributed by atoms with Crippen LogP contribution < -0.4 is 10.1 Å². The van der Waals surface area contributed by atoms with Gasteiger partial charge in [0.2, 0.25) is 5.91 Å². The van der Waals surface area contributed by atoms with E-state index in [1.165, 1.54) is 18.9 Å². The Labute approximate surface area is 195 Å². The number of halogens is 2. The number of hydrogen-bond acceptors (Lipinski definition) is 5. The van der Waals surface area contributed by atoms with Crippen molar-refractivity contribution in [2.75, 3.05) is 12.4 Å². The van der Waals surface area contributed by atoms with Crippen molar-refractivity contribution in [2.45, 2.75) is 24.1 Å². The van der Waals surface area contributed by atoms with Gasteiger partial charge in [-0.15, -0.1) is 0 Å². The summed E-state index contributed by atoms with van der Waals surface area (Å²) in [4.78, 5) is 17.4. The number of ether oxygens (including phenoxy) is 1. The first-order valence-electron chi connectivity index (χ1n) is 9.31. The molecule has 158 valence electrons. The number of amides is 1. The number of carbonyl (C=O) groups excluding carboxylic acids is 1. The maximum absolute atomic E-state index is 12.8. The fourth-order valence-corrected chi connectivity index (χ4v) is 3.95. The Hall–Kier alpha value is -2.72. The molecule has 0 radical (unpaired) electrons. The molecule has 1 unspecified atom stereocenters. The van der Waals surface area contributed by atoms with Crippen LogP contribution in [-0.2, 0) is 4.79 Å². The van der Waals surface area contributed by atoms with E-state index in [4.69, 9.17) is 27.9 Å². The minimum Gasteiger partial charge on any atom is -0.495 e. The highest BCUT2D eigenvalue weighted by Gasteiger charge is 2.20. The third-order valence-corrected chi connectivity index (χ3v) is 6.28. The molecule has 0 aliphatic rings. The van der Waals surface area contributed by atoms with Crippen molar-refractivity contribution in [1.29, 1.82) is 5.26 Å². The number of aryl methyl sites for hydroxylation is 1. The standard InChI is InChI=1S/C23H19Cl2N3O2S/c1-13-10-20(21(30-3)11-18(13)25)27-22(29)14(2)31-23-16(12-26)6-9-19(28-23)15-4-7-17(24)8-5-15/h4-11,14H,1-3H3,(H,27,29). The van der Waals surface area contributed by atoms with Gasteiger partial charge in [0.05, 0.1) is 29.3 Å². The molecule has 0 saturated carbocycles. The first-order valence-corrected chi connectivity index (χ1v) is 10.9. The second-order valence-corrected chi connectivity index (χ2v) is 8.89. The van der Waals surface area contributed by atoms with Gasteiger partial charge in [-0.1, -0.05) is 47.1 Å². The topological polar surface area (TPSA) is 75.0 Å². The van der Waals surface area contributed by atoms with Crippen molar-refractivity contribution in [2.24, 2.45) is 0 Å². The number of methoxy groups -OCH3 is 1. The van der Waals surface area contributed by atoms with Crippen molar-refractivity contribution in [3.8, 4) is 23.1 Å². The number of pyridine rings is 1. The van der Waals surface area contributed by atoms with Crippen LogP contribution in [-0.4, -0.2) is 23.3 Å². The van der Waals surface area contributed by atoms with Crippen LogP contribution in [0.1, 0.15) is 18.1 Å². The van der Waals surface area contributed by atoms with Crippen LogP contribution in [0.3, 0.4) is 0 Å². The largest absolute Gasteiger partial charge is 0.495 e. The molecule has 3 rings (SSSR count). The van der Waals surface area contributed by atoms with E-state index in [0.29, 0.717) is 37.8 Å². The minimum atomic E-state index is -0.513. The normalized spacial score (nSPS) is 11.5. The molecule has 0 fully saturated rings. The Morgan fingerprint density at radius 2 is 1.90 bits per heavy atom. The van der Waals surface area contributed by atoms with E-state index in [1.54, 1.807) is 43.3 Å². The van der Waals surface area contributed by atoms with Crippen molar-refractivity contribution in [1.82, 2.24) is 4.98 Å². The van der Waals surface area contributed by atoms with Gasteiger partial charge in [0, 0.05) is 21.7 Å². The summed E-state index contributed by atoms with van der Waals surface area (Å²) in [5.41, 5.74) is 3.32. The summed E-state index contributed by atoms with van der Waals surface area (Å²) in [5, 5.41) is 13.5. The molecule has 1 amide bonds. The summed E-state index contributed by atoms with van der Waals surface area (Å²) in [6.45, 7) is 3.61. The zero-order valence-electron chi connectivity index (χ0n) is 17.1. The van der Waals surface area contributed by atoms with Crippen LogP contribution in [0.2, 0.25) is 10.0 Å². The number of aromatic nitrogens is 1. The first kappa shape index (κ1) is 23.0. The number of nitrogens with one attached hydrogen (secondary N) is 1. The van der Waals surface area contributed by atoms with Gasteiger partial charge in [-0.25, -0.2) is 4.98 Å². The average Bonchev–Trinajstić information content (AvgIpc) is 2.76. The lowest BCUT2D eigenvalue weighted by molar-refractivity contribution is -0.115. The van der Waals surface area contributed by atoms with Crippen LogP contribution in [0.15, 0.2) is 53.6 Å². The van der Waals surface area contributed by atoms with Crippen LogP contribution in [0, 0.1) is 18.3 Å². The van der Waals surface area contributed by atoms with Gasteiger partial charge in [0.25, 0.3) is 0 Å². The monoisotopic (exact) mass is 471 g/mol. The zero-order chi connectivity index (χ0) is 22.5. The van der Waals surface area contributed by atoms with Crippen LogP contribution >= 0.6 is 35.0 Å². The molecule has 0 aliphatic heterocycles. The Kier molecular flexibility index (Phi) is 7.45. The van der Waals surface area contributed by atoms with E-state index >= 15 is 0 Å². The maximum Gasteiger partial charge on any atom is 0.237 e. The predicted molar refractivity (Wildman–Crippen MR) is 126 cm³/mol. The molecule has 1 atom stereocenters. The van der Waals surface area contributed by atoms with Gasteiger partial charge in [0.1, 0.15) is 16.8 Å². The number of carbonyl (C=O) groups is 1. The number of rotatable bonds is 6. The Morgan fingerprint density at radius 1 is 1.19 bits per heavy atom. The highest BCUT2D eigenvalue weighted by atomic mass is 35.5. The number of benzene rings is 2. The van der Waals surface area contributed by atoms with E-state index < -0.39 is 5.25 Å². The lowest BCUT2D eigenvalue weighted by Gasteiger charge is -2.16. The molecule has 5 nitrogen and oxygen atoms in total. The molecule has 31 heavy (non-hydrogen) atoms. The summed E-state index contributed by atoms with van der Waals surface area (Å²) >= 11 is 13.3. The quantitative estimate of drug-likeness (QED) is 0.423. The van der Waals surface area contributed by atoms with Crippen LogP contribution in [0.5, 0.6) is 5.75 Å². The molecule has 3 aromatic rings. The summed E-state index contributed by atoms with van der Waals surface area (Å²) in [6, 6.07) is 16.3. The SMILES string of the molecule is COc1cc(Cl)c(C)cc1NC(=O)C(C)Sc1nc(-c2ccc(Cl)cc2)ccc1C#N. The van der Waals surface area contributed by atoms with E-state index in [1.807, 2.05) is 19.1 Å². The van der Waals surface area contributed by atoms with E-state index in [2.05, 4.69) is 16.4 Å². The molecular formula is C23H19Cl2N3O2S. The van der Waals surface area contributed by atoms with Gasteiger partial charge < -0.3 is 10.1 Å². The number of thioether (sulfide) groups is 1. The van der Waals surface area contributed by atoms with Gasteiger partial charge in [-0.2, -0.15) is 5.26 Å². The average molecular weight is 472 g/mol. The molecular weight excluding hydrogens is 453 g/mol. The van der Waals surface area contributed by atoms with E-state index in [9.17, 15) is 10.1 Å². The van der Waals surface area contributed by atoms with Crippen molar-refractivity contribution in [3.05, 3.63) is 69.7 Å². The van der Waals surface area contributed by atoms with Gasteiger partial charge >= 0.3 is 0 Å². The third-order valence-electron chi connectivity index (χ3n) is 4.52. The molecule has 0 saturated heterocycles. The molecule has 1 N–H and O–H groups in total. The molecule has 0 aliphatic carbocycles. The van der Waals surface area contributed by atoms with Gasteiger partial charge in [-0.3, -0.25) is 4.79 Å². The Balaban J connectivity index is 1.82. The lowest BCUT2D eigenvalue weighted by atomic mass is 10.1. The van der Waals surface area contributed by atoms with E-state index in [-0.39, 0.29) is 5.91 Å². The molecule has 0 spiro atoms. The summed E-state index contributed by atoms with van der Waals surface area (Å²) in [6.07, 6.45) is 0. The number of hydrogen-bond donors (Lipinski definition) is 1. The maximum atomic E-state index is 12.8. The highest BCUT2D eigenvalue weighted by molar-refractivity contribution is 8.00. The summed E-state index contributed by atoms with van der Waals surface area (Å²) in [7, 11) is 1.51. The van der Waals surface area contributed by atoms with Crippen molar-refractivity contribution >= 4 is 46.6 Å². The van der Waals surface area contributed by atoms with Gasteiger partial charge in [-0.05, 0) is 49.7 Å². The lowest BCUT2D eigenvalue weighted by Crippen LogP contribution is -2.23. The Morgan fingerprint density at radius 3 is 2.55 bits per heavy atom.